The minimum atomic E-state index is 0.341. The highest BCUT2D eigenvalue weighted by Gasteiger charge is 2.53. The summed E-state index contributed by atoms with van der Waals surface area (Å²) in [7, 11) is 0. The average molecular weight is 237 g/mol. The third-order valence-electron chi connectivity index (χ3n) is 5.72. The van der Waals surface area contributed by atoms with Gasteiger partial charge in [0.2, 0.25) is 0 Å². The molecule has 17 heavy (non-hydrogen) atoms. The summed E-state index contributed by atoms with van der Waals surface area (Å²) in [5.41, 5.74) is 0. The average Bonchev–Trinajstić information content (AvgIpc) is 2.96. The van der Waals surface area contributed by atoms with Gasteiger partial charge >= 0.3 is 0 Å². The highest BCUT2D eigenvalue weighted by atomic mass is 16.2. The fraction of sp³-hybridized carbons (Fsp3) is 1.00. The van der Waals surface area contributed by atoms with Crippen LogP contribution in [0.25, 0.3) is 0 Å². The van der Waals surface area contributed by atoms with Crippen molar-refractivity contribution in [2.45, 2.75) is 64.0 Å². The third-order valence-corrected chi connectivity index (χ3v) is 5.72. The van der Waals surface area contributed by atoms with Crippen LogP contribution in [0.5, 0.6) is 0 Å². The Hall–Kier alpha value is -0.0800. The molecule has 6 unspecified atom stereocenters. The summed E-state index contributed by atoms with van der Waals surface area (Å²) < 4.78 is 0. The van der Waals surface area contributed by atoms with Gasteiger partial charge in [-0.2, -0.15) is 0 Å². The molecule has 0 radical (unpaired) electrons. The van der Waals surface area contributed by atoms with Crippen LogP contribution in [0, 0.1) is 23.7 Å². The Bertz CT molecular complexity index is 268. The van der Waals surface area contributed by atoms with Crippen molar-refractivity contribution in [3.8, 4) is 0 Å². The predicted molar refractivity (Wildman–Crippen MR) is 69.8 cm³/mol. The molecule has 0 amide bonds. The van der Waals surface area contributed by atoms with Crippen LogP contribution in [0.2, 0.25) is 0 Å². The van der Waals surface area contributed by atoms with E-state index in [1.165, 1.54) is 32.1 Å². The number of fused-ring (bicyclic) bond motifs is 5. The van der Waals surface area contributed by atoms with Crippen molar-refractivity contribution >= 4 is 0 Å². The van der Waals surface area contributed by atoms with Crippen LogP contribution in [-0.2, 0) is 0 Å². The molecule has 2 bridgehead atoms. The summed E-state index contributed by atoms with van der Waals surface area (Å²) in [5.74, 6) is 4.21. The lowest BCUT2D eigenvalue weighted by Crippen LogP contribution is -2.43. The zero-order valence-electron chi connectivity index (χ0n) is 11.1. The second-order valence-corrected chi connectivity index (χ2v) is 6.69. The lowest BCUT2D eigenvalue weighted by molar-refractivity contribution is 0.194. The number of hydrogen-bond donors (Lipinski definition) is 2. The summed E-state index contributed by atoms with van der Waals surface area (Å²) in [6.07, 6.45) is 9.55. The van der Waals surface area contributed by atoms with Crippen LogP contribution in [0.15, 0.2) is 0 Å². The van der Waals surface area contributed by atoms with Gasteiger partial charge in [0.25, 0.3) is 0 Å². The Kier molecular flexibility index (Phi) is 3.45. The van der Waals surface area contributed by atoms with E-state index in [1.807, 2.05) is 0 Å². The highest BCUT2D eigenvalue weighted by molar-refractivity contribution is 5.05. The summed E-state index contributed by atoms with van der Waals surface area (Å²) in [6.45, 7) is 2.63. The van der Waals surface area contributed by atoms with E-state index in [0.29, 0.717) is 12.6 Å². The topological polar surface area (TPSA) is 32.3 Å². The fourth-order valence-electron chi connectivity index (χ4n) is 5.11. The first-order valence-corrected chi connectivity index (χ1v) is 7.66. The minimum absolute atomic E-state index is 0.341. The SMILES string of the molecule is CC(CCCO)NC1CC2CC1C1CCCC21. The van der Waals surface area contributed by atoms with Crippen molar-refractivity contribution in [3.05, 3.63) is 0 Å². The maximum Gasteiger partial charge on any atom is 0.0431 e. The second kappa shape index (κ2) is 4.89. The molecule has 98 valence electrons. The van der Waals surface area contributed by atoms with Crippen molar-refractivity contribution in [1.82, 2.24) is 5.32 Å². The van der Waals surface area contributed by atoms with Gasteiger partial charge in [-0.15, -0.1) is 0 Å². The van der Waals surface area contributed by atoms with Crippen molar-refractivity contribution in [2.75, 3.05) is 6.61 Å². The van der Waals surface area contributed by atoms with Crippen molar-refractivity contribution < 1.29 is 5.11 Å². The number of aliphatic hydroxyl groups is 1. The summed E-state index contributed by atoms with van der Waals surface area (Å²) in [4.78, 5) is 0. The van der Waals surface area contributed by atoms with Gasteiger partial charge in [-0.25, -0.2) is 0 Å². The van der Waals surface area contributed by atoms with Gasteiger partial charge in [-0.05, 0) is 69.1 Å². The van der Waals surface area contributed by atoms with E-state index in [1.54, 1.807) is 0 Å². The van der Waals surface area contributed by atoms with E-state index >= 15 is 0 Å². The van der Waals surface area contributed by atoms with Gasteiger partial charge in [0.05, 0.1) is 0 Å². The molecular weight excluding hydrogens is 210 g/mol. The first-order valence-electron chi connectivity index (χ1n) is 7.66. The molecule has 2 nitrogen and oxygen atoms in total. The van der Waals surface area contributed by atoms with E-state index in [0.717, 1.165) is 42.6 Å². The lowest BCUT2D eigenvalue weighted by atomic mass is 9.79. The van der Waals surface area contributed by atoms with Crippen LogP contribution < -0.4 is 5.32 Å². The van der Waals surface area contributed by atoms with Crippen molar-refractivity contribution in [2.24, 2.45) is 23.7 Å². The van der Waals surface area contributed by atoms with Gasteiger partial charge < -0.3 is 10.4 Å². The molecule has 2 heteroatoms. The van der Waals surface area contributed by atoms with E-state index in [9.17, 15) is 0 Å². The predicted octanol–water partition coefficient (Wildman–Crippen LogP) is 2.56. The Morgan fingerprint density at radius 1 is 1.18 bits per heavy atom. The molecule has 0 aromatic rings. The molecule has 3 rings (SSSR count). The second-order valence-electron chi connectivity index (χ2n) is 6.69. The molecule has 0 aromatic carbocycles. The molecule has 3 saturated carbocycles. The number of rotatable bonds is 5. The van der Waals surface area contributed by atoms with Gasteiger partial charge in [0.1, 0.15) is 0 Å². The molecule has 0 spiro atoms. The molecule has 6 atom stereocenters. The highest BCUT2D eigenvalue weighted by Crippen LogP contribution is 2.58. The van der Waals surface area contributed by atoms with E-state index in [-0.39, 0.29) is 0 Å². The maximum atomic E-state index is 8.88. The Morgan fingerprint density at radius 2 is 2.00 bits per heavy atom. The molecule has 2 N–H and O–H groups in total. The van der Waals surface area contributed by atoms with Gasteiger partial charge in [-0.1, -0.05) is 6.42 Å². The minimum Gasteiger partial charge on any atom is -0.396 e. The monoisotopic (exact) mass is 237 g/mol. The number of hydrogen-bond acceptors (Lipinski definition) is 2. The number of nitrogens with one attached hydrogen (secondary N) is 1. The molecule has 3 fully saturated rings. The third kappa shape index (κ3) is 2.15. The van der Waals surface area contributed by atoms with Crippen molar-refractivity contribution in [1.29, 1.82) is 0 Å². The van der Waals surface area contributed by atoms with Crippen LogP contribution in [0.1, 0.15) is 51.9 Å². The van der Waals surface area contributed by atoms with Crippen LogP contribution in [0.3, 0.4) is 0 Å². The normalized spacial score (nSPS) is 45.2. The molecule has 3 aliphatic carbocycles. The quantitative estimate of drug-likeness (QED) is 0.770. The molecule has 0 aromatic heterocycles. The van der Waals surface area contributed by atoms with Gasteiger partial charge in [-0.3, -0.25) is 0 Å². The Morgan fingerprint density at radius 3 is 2.82 bits per heavy atom. The van der Waals surface area contributed by atoms with Crippen molar-refractivity contribution in [3.63, 3.8) is 0 Å². The smallest absolute Gasteiger partial charge is 0.0431 e. The van der Waals surface area contributed by atoms with E-state index in [4.69, 9.17) is 5.11 Å². The Balaban J connectivity index is 1.53. The molecule has 0 heterocycles. The van der Waals surface area contributed by atoms with E-state index < -0.39 is 0 Å². The van der Waals surface area contributed by atoms with Crippen LogP contribution in [-0.4, -0.2) is 23.8 Å². The Labute approximate surface area is 105 Å². The molecule has 3 aliphatic rings. The first-order chi connectivity index (χ1) is 8.29. The molecule has 0 aliphatic heterocycles. The van der Waals surface area contributed by atoms with Gasteiger partial charge in [0, 0.05) is 18.7 Å². The molecular formula is C15H27NO. The van der Waals surface area contributed by atoms with Gasteiger partial charge in [0.15, 0.2) is 0 Å². The zero-order chi connectivity index (χ0) is 11.8. The number of aliphatic hydroxyl groups excluding tert-OH is 1. The van der Waals surface area contributed by atoms with E-state index in [2.05, 4.69) is 12.2 Å². The lowest BCUT2D eigenvalue weighted by Gasteiger charge is -2.34. The first kappa shape index (κ1) is 12.0. The fourth-order valence-corrected chi connectivity index (χ4v) is 5.11. The summed E-state index contributed by atoms with van der Waals surface area (Å²) >= 11 is 0. The van der Waals surface area contributed by atoms with Crippen LogP contribution >= 0.6 is 0 Å². The summed E-state index contributed by atoms with van der Waals surface area (Å²) in [5, 5.41) is 12.7. The standard InChI is InChI=1S/C15H27NO/c1-10(4-3-7-17)16-15-9-11-8-14(15)13-6-2-5-12(11)13/h10-17H,2-9H2,1H3. The largest absolute Gasteiger partial charge is 0.396 e. The zero-order valence-corrected chi connectivity index (χ0v) is 11.1. The summed E-state index contributed by atoms with van der Waals surface area (Å²) in [6, 6.07) is 1.39. The van der Waals surface area contributed by atoms with Crippen LogP contribution in [0.4, 0.5) is 0 Å². The molecule has 0 saturated heterocycles. The maximum absolute atomic E-state index is 8.88.